The molecular formula is C16H30. The van der Waals surface area contributed by atoms with Gasteiger partial charge in [0.1, 0.15) is 0 Å². The molecule has 0 N–H and O–H groups in total. The number of fused-ring (bicyclic) bond motifs is 1. The van der Waals surface area contributed by atoms with Crippen molar-refractivity contribution in [1.29, 1.82) is 0 Å². The maximum absolute atomic E-state index is 2.53. The molecule has 0 nitrogen and oxygen atoms in total. The maximum atomic E-state index is 2.53. The van der Waals surface area contributed by atoms with Crippen LogP contribution in [0.3, 0.4) is 0 Å². The summed E-state index contributed by atoms with van der Waals surface area (Å²) in [5, 5.41) is 0. The minimum atomic E-state index is 0.959. The highest BCUT2D eigenvalue weighted by molar-refractivity contribution is 4.92. The maximum Gasteiger partial charge on any atom is -0.0352 e. The summed E-state index contributed by atoms with van der Waals surface area (Å²) in [6.45, 7) is 9.91. The first-order valence-corrected chi connectivity index (χ1v) is 7.65. The fourth-order valence-corrected chi connectivity index (χ4v) is 4.57. The molecule has 0 heterocycles. The van der Waals surface area contributed by atoms with Crippen LogP contribution in [0, 0.1) is 35.5 Å². The summed E-state index contributed by atoms with van der Waals surface area (Å²) in [6, 6.07) is 0. The van der Waals surface area contributed by atoms with Gasteiger partial charge in [-0.15, -0.1) is 0 Å². The lowest BCUT2D eigenvalue weighted by molar-refractivity contribution is -0.00243. The van der Waals surface area contributed by atoms with Crippen molar-refractivity contribution in [2.45, 2.75) is 66.2 Å². The van der Waals surface area contributed by atoms with Crippen molar-refractivity contribution in [3.8, 4) is 0 Å². The van der Waals surface area contributed by atoms with Gasteiger partial charge in [0.25, 0.3) is 0 Å². The Bertz CT molecular complexity index is 220. The highest BCUT2D eigenvalue weighted by atomic mass is 14.5. The van der Waals surface area contributed by atoms with Gasteiger partial charge >= 0.3 is 0 Å². The fourth-order valence-electron chi connectivity index (χ4n) is 4.57. The molecule has 2 aliphatic rings. The van der Waals surface area contributed by atoms with Crippen LogP contribution in [0.25, 0.3) is 0 Å². The molecule has 0 radical (unpaired) electrons. The van der Waals surface area contributed by atoms with E-state index in [4.69, 9.17) is 0 Å². The molecule has 0 heteroatoms. The first kappa shape index (κ1) is 12.5. The molecule has 16 heavy (non-hydrogen) atoms. The SMILES string of the molecule is CCC(C)C1CC(C)C(C)C2CCCCC12. The molecule has 0 amide bonds. The lowest BCUT2D eigenvalue weighted by atomic mass is 9.56. The predicted octanol–water partition coefficient (Wildman–Crippen LogP) is 5.13. The Labute approximate surface area is 102 Å². The van der Waals surface area contributed by atoms with E-state index in [1.165, 1.54) is 38.5 Å². The van der Waals surface area contributed by atoms with E-state index in [1.54, 1.807) is 0 Å². The van der Waals surface area contributed by atoms with Gasteiger partial charge in [0, 0.05) is 0 Å². The van der Waals surface area contributed by atoms with E-state index in [1.807, 2.05) is 0 Å². The number of rotatable bonds is 2. The summed E-state index contributed by atoms with van der Waals surface area (Å²) in [5.74, 6) is 6.11. The summed E-state index contributed by atoms with van der Waals surface area (Å²) in [6.07, 6.45) is 8.98. The van der Waals surface area contributed by atoms with E-state index in [0.717, 1.165) is 35.5 Å². The molecule has 0 bridgehead atoms. The highest BCUT2D eigenvalue weighted by Gasteiger charge is 2.42. The summed E-state index contributed by atoms with van der Waals surface area (Å²) in [7, 11) is 0. The fraction of sp³-hybridized carbons (Fsp3) is 1.00. The van der Waals surface area contributed by atoms with E-state index < -0.39 is 0 Å². The molecule has 6 atom stereocenters. The molecule has 2 rings (SSSR count). The van der Waals surface area contributed by atoms with Crippen molar-refractivity contribution in [1.82, 2.24) is 0 Å². The Morgan fingerprint density at radius 1 is 1.06 bits per heavy atom. The molecule has 2 aliphatic carbocycles. The Morgan fingerprint density at radius 3 is 2.31 bits per heavy atom. The predicted molar refractivity (Wildman–Crippen MR) is 71.3 cm³/mol. The molecule has 0 saturated heterocycles. The van der Waals surface area contributed by atoms with Gasteiger partial charge in [0.15, 0.2) is 0 Å². The molecule has 2 saturated carbocycles. The zero-order valence-corrected chi connectivity index (χ0v) is 11.7. The van der Waals surface area contributed by atoms with Crippen LogP contribution in [0.5, 0.6) is 0 Å². The molecule has 0 aromatic rings. The monoisotopic (exact) mass is 222 g/mol. The molecule has 2 fully saturated rings. The van der Waals surface area contributed by atoms with Gasteiger partial charge in [-0.05, 0) is 54.8 Å². The van der Waals surface area contributed by atoms with Crippen LogP contribution in [-0.4, -0.2) is 0 Å². The average molecular weight is 222 g/mol. The van der Waals surface area contributed by atoms with E-state index >= 15 is 0 Å². The van der Waals surface area contributed by atoms with Crippen LogP contribution in [0.4, 0.5) is 0 Å². The zero-order chi connectivity index (χ0) is 11.7. The van der Waals surface area contributed by atoms with Gasteiger partial charge in [-0.2, -0.15) is 0 Å². The molecule has 6 unspecified atom stereocenters. The van der Waals surface area contributed by atoms with Crippen LogP contribution in [0.1, 0.15) is 66.2 Å². The summed E-state index contributed by atoms with van der Waals surface area (Å²) in [4.78, 5) is 0. The average Bonchev–Trinajstić information content (AvgIpc) is 2.33. The standard InChI is InChI=1S/C16H30/c1-5-11(2)16-10-12(3)13(4)14-8-6-7-9-15(14)16/h11-16H,5-10H2,1-4H3. The molecule has 0 spiro atoms. The third-order valence-corrected chi connectivity index (χ3v) is 6.02. The Hall–Kier alpha value is 0. The molecule has 94 valence electrons. The van der Waals surface area contributed by atoms with Crippen molar-refractivity contribution in [2.75, 3.05) is 0 Å². The van der Waals surface area contributed by atoms with Crippen molar-refractivity contribution < 1.29 is 0 Å². The second kappa shape index (κ2) is 5.10. The van der Waals surface area contributed by atoms with E-state index in [2.05, 4.69) is 27.7 Å². The van der Waals surface area contributed by atoms with Crippen LogP contribution in [0.2, 0.25) is 0 Å². The first-order valence-electron chi connectivity index (χ1n) is 7.65. The number of hydrogen-bond acceptors (Lipinski definition) is 0. The van der Waals surface area contributed by atoms with Gasteiger partial charge in [-0.1, -0.05) is 47.0 Å². The minimum absolute atomic E-state index is 0.959. The van der Waals surface area contributed by atoms with Crippen molar-refractivity contribution >= 4 is 0 Å². The van der Waals surface area contributed by atoms with Crippen LogP contribution in [-0.2, 0) is 0 Å². The van der Waals surface area contributed by atoms with Gasteiger partial charge in [-0.25, -0.2) is 0 Å². The second-order valence-corrected chi connectivity index (χ2v) is 6.73. The lowest BCUT2D eigenvalue weighted by Crippen LogP contribution is -2.42. The summed E-state index contributed by atoms with van der Waals surface area (Å²) < 4.78 is 0. The van der Waals surface area contributed by atoms with Gasteiger partial charge < -0.3 is 0 Å². The van der Waals surface area contributed by atoms with Gasteiger partial charge in [-0.3, -0.25) is 0 Å². The third-order valence-electron chi connectivity index (χ3n) is 6.02. The molecule has 0 aromatic heterocycles. The van der Waals surface area contributed by atoms with Crippen LogP contribution in [0.15, 0.2) is 0 Å². The van der Waals surface area contributed by atoms with Gasteiger partial charge in [0.2, 0.25) is 0 Å². The molecule has 0 aromatic carbocycles. The summed E-state index contributed by atoms with van der Waals surface area (Å²) in [5.41, 5.74) is 0. The van der Waals surface area contributed by atoms with Crippen molar-refractivity contribution in [3.05, 3.63) is 0 Å². The van der Waals surface area contributed by atoms with E-state index in [-0.39, 0.29) is 0 Å². The Balaban J connectivity index is 2.13. The van der Waals surface area contributed by atoms with Gasteiger partial charge in [0.05, 0.1) is 0 Å². The first-order chi connectivity index (χ1) is 7.65. The summed E-state index contributed by atoms with van der Waals surface area (Å²) >= 11 is 0. The van der Waals surface area contributed by atoms with E-state index in [9.17, 15) is 0 Å². The molecular weight excluding hydrogens is 192 g/mol. The lowest BCUT2D eigenvalue weighted by Gasteiger charge is -2.50. The van der Waals surface area contributed by atoms with Crippen LogP contribution < -0.4 is 0 Å². The van der Waals surface area contributed by atoms with Crippen molar-refractivity contribution in [3.63, 3.8) is 0 Å². The quantitative estimate of drug-likeness (QED) is 0.607. The minimum Gasteiger partial charge on any atom is -0.0651 e. The highest BCUT2D eigenvalue weighted by Crippen LogP contribution is 2.51. The molecule has 0 aliphatic heterocycles. The topological polar surface area (TPSA) is 0 Å². The third kappa shape index (κ3) is 2.17. The Kier molecular flexibility index (Phi) is 3.97. The van der Waals surface area contributed by atoms with E-state index in [0.29, 0.717) is 0 Å². The largest absolute Gasteiger partial charge is 0.0651 e. The van der Waals surface area contributed by atoms with Crippen LogP contribution >= 0.6 is 0 Å². The number of hydrogen-bond donors (Lipinski definition) is 0. The van der Waals surface area contributed by atoms with Crippen molar-refractivity contribution in [2.24, 2.45) is 35.5 Å². The normalized spacial score (nSPS) is 46.1. The Morgan fingerprint density at radius 2 is 1.69 bits per heavy atom. The zero-order valence-electron chi connectivity index (χ0n) is 11.7. The smallest absolute Gasteiger partial charge is 0.0352 e. The second-order valence-electron chi connectivity index (χ2n) is 6.73.